The molecule has 2 rings (SSSR count). The Kier molecular flexibility index (Phi) is 4.12. The Hall–Kier alpha value is -1.52. The van der Waals surface area contributed by atoms with Crippen molar-refractivity contribution >= 4 is 11.5 Å². The van der Waals surface area contributed by atoms with Crippen LogP contribution in [0.25, 0.3) is 0 Å². The summed E-state index contributed by atoms with van der Waals surface area (Å²) in [6.07, 6.45) is 7.70. The molecular formula is C14H24N4O. The van der Waals surface area contributed by atoms with Crippen LogP contribution in [-0.2, 0) is 0 Å². The van der Waals surface area contributed by atoms with Crippen molar-refractivity contribution in [1.29, 1.82) is 0 Å². The summed E-state index contributed by atoms with van der Waals surface area (Å²) in [4.78, 5) is 18.0. The number of aromatic nitrogens is 2. The molecule has 1 aliphatic carbocycles. The van der Waals surface area contributed by atoms with E-state index in [1.165, 1.54) is 38.4 Å². The lowest BCUT2D eigenvalue weighted by Crippen LogP contribution is -2.29. The molecule has 0 aliphatic heterocycles. The molecule has 0 aromatic carbocycles. The maximum absolute atomic E-state index is 11.4. The Morgan fingerprint density at radius 1 is 1.47 bits per heavy atom. The van der Waals surface area contributed by atoms with E-state index >= 15 is 0 Å². The molecule has 0 radical (unpaired) electrons. The second-order valence-corrected chi connectivity index (χ2v) is 6.15. The van der Waals surface area contributed by atoms with Crippen LogP contribution >= 0.6 is 0 Å². The van der Waals surface area contributed by atoms with Crippen molar-refractivity contribution in [2.45, 2.75) is 46.0 Å². The number of nitrogens with two attached hydrogens (primary N) is 1. The predicted molar refractivity (Wildman–Crippen MR) is 78.1 cm³/mol. The molecule has 0 spiro atoms. The summed E-state index contributed by atoms with van der Waals surface area (Å²) >= 11 is 0. The van der Waals surface area contributed by atoms with Crippen LogP contribution in [0.1, 0.15) is 46.0 Å². The van der Waals surface area contributed by atoms with Gasteiger partial charge in [0.15, 0.2) is 5.82 Å². The molecule has 0 saturated heterocycles. The molecule has 5 nitrogen and oxygen atoms in total. The van der Waals surface area contributed by atoms with E-state index in [0.29, 0.717) is 17.2 Å². The second kappa shape index (κ2) is 5.63. The summed E-state index contributed by atoms with van der Waals surface area (Å²) in [6, 6.07) is 0. The van der Waals surface area contributed by atoms with Crippen molar-refractivity contribution in [3.8, 4) is 0 Å². The van der Waals surface area contributed by atoms with Crippen molar-refractivity contribution in [2.75, 3.05) is 17.6 Å². The average Bonchev–Trinajstić information content (AvgIpc) is 2.79. The van der Waals surface area contributed by atoms with Crippen LogP contribution in [0.2, 0.25) is 0 Å². The number of hydrogen-bond donors (Lipinski definition) is 3. The SMILES string of the molecule is CC(C)CC1(CNc2nc[nH]c(=O)c2N)CCCC1. The van der Waals surface area contributed by atoms with Gasteiger partial charge in [-0.3, -0.25) is 4.79 Å². The zero-order valence-electron chi connectivity index (χ0n) is 11.8. The second-order valence-electron chi connectivity index (χ2n) is 6.15. The highest BCUT2D eigenvalue weighted by Gasteiger charge is 2.34. The number of aromatic amines is 1. The minimum Gasteiger partial charge on any atom is -0.391 e. The third-order valence-corrected chi connectivity index (χ3v) is 4.03. The fourth-order valence-electron chi connectivity index (χ4n) is 3.27. The lowest BCUT2D eigenvalue weighted by atomic mass is 9.78. The van der Waals surface area contributed by atoms with Gasteiger partial charge in [0, 0.05) is 6.54 Å². The quantitative estimate of drug-likeness (QED) is 0.762. The van der Waals surface area contributed by atoms with Crippen LogP contribution in [-0.4, -0.2) is 16.5 Å². The highest BCUT2D eigenvalue weighted by atomic mass is 16.1. The smallest absolute Gasteiger partial charge is 0.276 e. The lowest BCUT2D eigenvalue weighted by molar-refractivity contribution is 0.252. The first kappa shape index (κ1) is 13.9. The van der Waals surface area contributed by atoms with Crippen LogP contribution in [0.3, 0.4) is 0 Å². The first-order valence-corrected chi connectivity index (χ1v) is 7.09. The van der Waals surface area contributed by atoms with Gasteiger partial charge < -0.3 is 16.0 Å². The average molecular weight is 264 g/mol. The molecule has 106 valence electrons. The van der Waals surface area contributed by atoms with Crippen LogP contribution in [0.5, 0.6) is 0 Å². The normalized spacial score (nSPS) is 17.8. The van der Waals surface area contributed by atoms with E-state index in [1.54, 1.807) is 0 Å². The largest absolute Gasteiger partial charge is 0.391 e. The Morgan fingerprint density at radius 3 is 2.79 bits per heavy atom. The van der Waals surface area contributed by atoms with Crippen LogP contribution < -0.4 is 16.6 Å². The van der Waals surface area contributed by atoms with Crippen molar-refractivity contribution in [1.82, 2.24) is 9.97 Å². The first-order chi connectivity index (χ1) is 9.02. The molecular weight excluding hydrogens is 240 g/mol. The number of rotatable bonds is 5. The van der Waals surface area contributed by atoms with E-state index in [1.807, 2.05) is 0 Å². The van der Waals surface area contributed by atoms with Gasteiger partial charge in [-0.15, -0.1) is 0 Å². The Balaban J connectivity index is 2.07. The molecule has 4 N–H and O–H groups in total. The van der Waals surface area contributed by atoms with Gasteiger partial charge in [-0.1, -0.05) is 26.7 Å². The van der Waals surface area contributed by atoms with Gasteiger partial charge in [0.25, 0.3) is 5.56 Å². The van der Waals surface area contributed by atoms with Gasteiger partial charge >= 0.3 is 0 Å². The number of nitrogens with one attached hydrogen (secondary N) is 2. The van der Waals surface area contributed by atoms with E-state index in [4.69, 9.17) is 5.73 Å². The minimum atomic E-state index is -0.276. The zero-order chi connectivity index (χ0) is 13.9. The van der Waals surface area contributed by atoms with Gasteiger partial charge in [-0.2, -0.15) is 0 Å². The van der Waals surface area contributed by atoms with Gasteiger partial charge in [-0.25, -0.2) is 4.98 Å². The number of anilines is 2. The minimum absolute atomic E-state index is 0.181. The molecule has 0 unspecified atom stereocenters. The Bertz CT molecular complexity index is 475. The van der Waals surface area contributed by atoms with Crippen molar-refractivity contribution in [3.63, 3.8) is 0 Å². The summed E-state index contributed by atoms with van der Waals surface area (Å²) in [5, 5.41) is 3.29. The van der Waals surface area contributed by atoms with Crippen molar-refractivity contribution in [2.24, 2.45) is 11.3 Å². The van der Waals surface area contributed by atoms with E-state index in [-0.39, 0.29) is 11.2 Å². The summed E-state index contributed by atoms with van der Waals surface area (Å²) < 4.78 is 0. The van der Waals surface area contributed by atoms with Gasteiger partial charge in [0.2, 0.25) is 0 Å². The van der Waals surface area contributed by atoms with Crippen molar-refractivity contribution in [3.05, 3.63) is 16.7 Å². The predicted octanol–water partition coefficient (Wildman–Crippen LogP) is 2.37. The zero-order valence-corrected chi connectivity index (χ0v) is 11.8. The summed E-state index contributed by atoms with van der Waals surface area (Å²) in [6.45, 7) is 5.38. The Morgan fingerprint density at radius 2 is 2.16 bits per heavy atom. The summed E-state index contributed by atoms with van der Waals surface area (Å²) in [5.41, 5.74) is 5.99. The molecule has 5 heteroatoms. The topological polar surface area (TPSA) is 83.8 Å². The molecule has 1 saturated carbocycles. The molecule has 1 aliphatic rings. The van der Waals surface area contributed by atoms with Crippen LogP contribution in [0, 0.1) is 11.3 Å². The molecule has 1 heterocycles. The van der Waals surface area contributed by atoms with Gasteiger partial charge in [0.1, 0.15) is 5.69 Å². The van der Waals surface area contributed by atoms with Crippen LogP contribution in [0.4, 0.5) is 11.5 Å². The van der Waals surface area contributed by atoms with Crippen LogP contribution in [0.15, 0.2) is 11.1 Å². The maximum atomic E-state index is 11.4. The van der Waals surface area contributed by atoms with Gasteiger partial charge in [0.05, 0.1) is 6.33 Å². The molecule has 19 heavy (non-hydrogen) atoms. The molecule has 0 amide bonds. The highest BCUT2D eigenvalue weighted by Crippen LogP contribution is 2.43. The maximum Gasteiger partial charge on any atom is 0.276 e. The van der Waals surface area contributed by atoms with Gasteiger partial charge in [-0.05, 0) is 30.6 Å². The molecule has 1 fully saturated rings. The molecule has 0 bridgehead atoms. The molecule has 1 aromatic heterocycles. The number of nitrogens with zero attached hydrogens (tertiary/aromatic N) is 1. The number of nitrogen functional groups attached to an aromatic ring is 1. The molecule has 1 aromatic rings. The highest BCUT2D eigenvalue weighted by molar-refractivity contribution is 5.58. The van der Waals surface area contributed by atoms with E-state index in [9.17, 15) is 4.79 Å². The monoisotopic (exact) mass is 264 g/mol. The van der Waals surface area contributed by atoms with E-state index < -0.39 is 0 Å². The third kappa shape index (κ3) is 3.28. The Labute approximate surface area is 114 Å². The fraction of sp³-hybridized carbons (Fsp3) is 0.714. The number of H-pyrrole nitrogens is 1. The number of hydrogen-bond acceptors (Lipinski definition) is 4. The lowest BCUT2D eigenvalue weighted by Gasteiger charge is -2.31. The first-order valence-electron chi connectivity index (χ1n) is 7.09. The standard InChI is InChI=1S/C14H24N4O/c1-10(2)7-14(5-3-4-6-14)8-16-12-11(15)13(19)18-9-17-12/h9-10H,3-8,15H2,1-2H3,(H2,16,17,18,19). The third-order valence-electron chi connectivity index (χ3n) is 4.03. The molecule has 0 atom stereocenters. The van der Waals surface area contributed by atoms with Crippen molar-refractivity contribution < 1.29 is 0 Å². The fourth-order valence-corrected chi connectivity index (χ4v) is 3.27. The summed E-state index contributed by atoms with van der Waals surface area (Å²) in [7, 11) is 0. The van der Waals surface area contributed by atoms with E-state index in [2.05, 4.69) is 29.1 Å². The van der Waals surface area contributed by atoms with E-state index in [0.717, 1.165) is 6.54 Å². The summed E-state index contributed by atoms with van der Waals surface area (Å²) in [5.74, 6) is 1.20.